The Hall–Kier alpha value is -8.54. The van der Waals surface area contributed by atoms with E-state index < -0.39 is 0 Å². The first kappa shape index (κ1) is 65.7. The topological polar surface area (TPSA) is 16.3 Å². The van der Waals surface area contributed by atoms with Crippen molar-refractivity contribution in [3.8, 4) is 22.5 Å². The van der Waals surface area contributed by atoms with Crippen LogP contribution in [0.3, 0.4) is 0 Å². The Morgan fingerprint density at radius 1 is 0.237 bits per heavy atom. The maximum atomic E-state index is 2.64. The van der Waals surface area contributed by atoms with Crippen LogP contribution in [0.1, 0.15) is 211 Å². The SMILES string of the molecule is CC(C)(C)c1ccc(N2c3ccc(C(C)(C)C)cc3B3c4cc(C(C)(C)C)ccc4N(c4ccc(C(C)(C)C)cc4)c4cc(-c5c(-n6c7ccc(C(C)(C)C)cc7c7cc(C(C)(C)C)ccc76)cccc5-n5c6ccc(C(C)(C)C)cc6c6cc(C(C)(C)C)ccc65)cc2c43)cc1. The van der Waals surface area contributed by atoms with Crippen molar-refractivity contribution in [3.05, 3.63) is 233 Å². The van der Waals surface area contributed by atoms with Crippen molar-refractivity contribution < 1.29 is 0 Å². The van der Waals surface area contributed by atoms with Crippen LogP contribution in [0.5, 0.6) is 0 Å². The maximum absolute atomic E-state index is 2.64. The summed E-state index contributed by atoms with van der Waals surface area (Å²) in [7, 11) is 0. The van der Waals surface area contributed by atoms with Gasteiger partial charge in [-0.3, -0.25) is 0 Å². The van der Waals surface area contributed by atoms with E-state index in [0.29, 0.717) is 0 Å². The van der Waals surface area contributed by atoms with Gasteiger partial charge in [-0.05, 0) is 219 Å². The third kappa shape index (κ3) is 11.1. The van der Waals surface area contributed by atoms with Gasteiger partial charge < -0.3 is 18.9 Å². The minimum absolute atomic E-state index is 0.0351. The molecule has 12 aromatic rings. The average Bonchev–Trinajstić information content (AvgIpc) is 1.26. The molecule has 0 unspecified atom stereocenters. The molecule has 0 N–H and O–H groups in total. The van der Waals surface area contributed by atoms with Crippen LogP contribution >= 0.6 is 0 Å². The Balaban J connectivity index is 1.20. The summed E-state index contributed by atoms with van der Waals surface area (Å²) < 4.78 is 5.25. The lowest BCUT2D eigenvalue weighted by molar-refractivity contribution is 0.590. The molecule has 4 nitrogen and oxygen atoms in total. The standard InChI is InChI=1S/C92H103BN4/c1-85(2,3)57-28-38-65(39-29-57)94-77-46-36-63(91(19,20)21)54-71(77)93-72-55-64(92(22,23)24)37-47-78(72)95(66-40-30-58(31-41-66)86(4,5)6)82-49-56(48-81(94)84(82)93)83-79(96-73-42-32-59(87(7,8)9)50-67(73)68-51-60(88(10,11)12)33-43-74(68)96)26-25-27-80(83)97-75-44-34-61(89(13,14)15)52-69(75)70-53-62(90(16,17)18)35-45-76(70)97/h25-55H,1-24H3. The highest BCUT2D eigenvalue weighted by Gasteiger charge is 2.45. The smallest absolute Gasteiger partial charge is 0.252 e. The fourth-order valence-electron chi connectivity index (χ4n) is 15.5. The summed E-state index contributed by atoms with van der Waals surface area (Å²) in [5, 5.41) is 5.06. The third-order valence-electron chi connectivity index (χ3n) is 21.6. The highest BCUT2D eigenvalue weighted by atomic mass is 15.2. The van der Waals surface area contributed by atoms with Crippen LogP contribution in [0.25, 0.3) is 66.1 Å². The van der Waals surface area contributed by atoms with Gasteiger partial charge in [-0.1, -0.05) is 245 Å². The molecule has 5 heteroatoms. The largest absolute Gasteiger partial charge is 0.311 e. The second-order valence-corrected chi connectivity index (χ2v) is 36.9. The Labute approximate surface area is 580 Å². The van der Waals surface area contributed by atoms with Gasteiger partial charge in [0.2, 0.25) is 0 Å². The van der Waals surface area contributed by atoms with Crippen LogP contribution in [0.2, 0.25) is 0 Å². The first-order valence-corrected chi connectivity index (χ1v) is 35.8. The zero-order chi connectivity index (χ0) is 69.6. The molecule has 0 bridgehead atoms. The molecule has 0 saturated carbocycles. The summed E-state index contributed by atoms with van der Waals surface area (Å²) in [4.78, 5) is 5.28. The molecule has 0 atom stereocenters. The van der Waals surface area contributed by atoms with Gasteiger partial charge in [0.1, 0.15) is 0 Å². The van der Waals surface area contributed by atoms with Crippen LogP contribution in [-0.4, -0.2) is 15.8 Å². The molecule has 0 aliphatic carbocycles. The molecule has 10 aromatic carbocycles. The summed E-state index contributed by atoms with van der Waals surface area (Å²) in [6, 6.07) is 75.6. The summed E-state index contributed by atoms with van der Waals surface area (Å²) in [6.07, 6.45) is 0. The van der Waals surface area contributed by atoms with Crippen molar-refractivity contribution in [1.82, 2.24) is 9.13 Å². The van der Waals surface area contributed by atoms with E-state index in [9.17, 15) is 0 Å². The average molecular weight is 1280 g/mol. The second-order valence-electron chi connectivity index (χ2n) is 36.9. The summed E-state index contributed by atoms with van der Waals surface area (Å²) >= 11 is 0. The van der Waals surface area contributed by atoms with Gasteiger partial charge in [0.25, 0.3) is 6.71 Å². The van der Waals surface area contributed by atoms with Gasteiger partial charge in [0, 0.05) is 61.2 Å². The Morgan fingerprint density at radius 3 is 0.773 bits per heavy atom. The van der Waals surface area contributed by atoms with E-state index in [1.165, 1.54) is 127 Å². The monoisotopic (exact) mass is 1270 g/mol. The van der Waals surface area contributed by atoms with Crippen molar-refractivity contribution in [2.45, 2.75) is 209 Å². The molecule has 0 spiro atoms. The molecule has 2 aliphatic rings. The number of anilines is 6. The summed E-state index contributed by atoms with van der Waals surface area (Å²) in [6.45, 7) is 56.2. The molecule has 97 heavy (non-hydrogen) atoms. The number of aromatic nitrogens is 2. The van der Waals surface area contributed by atoms with Gasteiger partial charge >= 0.3 is 0 Å². The number of benzene rings is 10. The minimum Gasteiger partial charge on any atom is -0.311 e. The third-order valence-corrected chi connectivity index (χ3v) is 21.6. The number of hydrogen-bond donors (Lipinski definition) is 0. The number of nitrogens with zero attached hydrogens (tertiary/aromatic N) is 4. The normalized spacial score (nSPS) is 14.1. The molecular weight excluding hydrogens is 1170 g/mol. The number of hydrogen-bond acceptors (Lipinski definition) is 2. The zero-order valence-corrected chi connectivity index (χ0v) is 62.8. The number of fused-ring (bicyclic) bond motifs is 10. The van der Waals surface area contributed by atoms with E-state index in [0.717, 1.165) is 33.9 Å². The molecule has 0 radical (unpaired) electrons. The molecule has 0 amide bonds. The molecular formula is C92H103BN4. The molecule has 0 fully saturated rings. The zero-order valence-electron chi connectivity index (χ0n) is 62.8. The van der Waals surface area contributed by atoms with Crippen molar-refractivity contribution in [1.29, 1.82) is 0 Å². The summed E-state index contributed by atoms with van der Waals surface area (Å²) in [5.41, 5.74) is 30.3. The predicted molar refractivity (Wildman–Crippen MR) is 424 cm³/mol. The van der Waals surface area contributed by atoms with Crippen LogP contribution < -0.4 is 26.2 Å². The van der Waals surface area contributed by atoms with Crippen LogP contribution in [-0.2, 0) is 43.3 Å². The van der Waals surface area contributed by atoms with E-state index in [-0.39, 0.29) is 50.0 Å². The molecule has 4 heterocycles. The highest BCUT2D eigenvalue weighted by Crippen LogP contribution is 2.51. The molecule has 14 rings (SSSR count). The Bertz CT molecular complexity index is 4700. The highest BCUT2D eigenvalue weighted by molar-refractivity contribution is 7.00. The van der Waals surface area contributed by atoms with Gasteiger partial charge in [-0.25, -0.2) is 0 Å². The predicted octanol–water partition coefficient (Wildman–Crippen LogP) is 24.0. The quantitative estimate of drug-likeness (QED) is 0.160. The van der Waals surface area contributed by atoms with Gasteiger partial charge in [-0.2, -0.15) is 0 Å². The van der Waals surface area contributed by atoms with Gasteiger partial charge in [0.15, 0.2) is 0 Å². The lowest BCUT2D eigenvalue weighted by Crippen LogP contribution is -2.61. The Kier molecular flexibility index (Phi) is 14.9. The minimum atomic E-state index is -0.101. The van der Waals surface area contributed by atoms with Gasteiger partial charge in [0.05, 0.1) is 33.4 Å². The lowest BCUT2D eigenvalue weighted by atomic mass is 9.33. The van der Waals surface area contributed by atoms with Crippen molar-refractivity contribution in [3.63, 3.8) is 0 Å². The van der Waals surface area contributed by atoms with E-state index in [4.69, 9.17) is 0 Å². The number of rotatable bonds is 5. The van der Waals surface area contributed by atoms with E-state index >= 15 is 0 Å². The van der Waals surface area contributed by atoms with E-state index in [2.05, 4.69) is 373 Å². The lowest BCUT2D eigenvalue weighted by Gasteiger charge is -2.45. The van der Waals surface area contributed by atoms with Crippen LogP contribution in [0.4, 0.5) is 34.1 Å². The maximum Gasteiger partial charge on any atom is 0.252 e. The Morgan fingerprint density at radius 2 is 0.495 bits per heavy atom. The van der Waals surface area contributed by atoms with Crippen molar-refractivity contribution in [2.24, 2.45) is 0 Å². The van der Waals surface area contributed by atoms with Crippen molar-refractivity contribution >= 4 is 101 Å². The van der Waals surface area contributed by atoms with E-state index in [1.54, 1.807) is 0 Å². The van der Waals surface area contributed by atoms with Crippen LogP contribution in [0.15, 0.2) is 188 Å². The molecule has 494 valence electrons. The van der Waals surface area contributed by atoms with E-state index in [1.807, 2.05) is 0 Å². The summed E-state index contributed by atoms with van der Waals surface area (Å²) in [5.74, 6) is 0. The first-order valence-electron chi connectivity index (χ1n) is 35.8. The second kappa shape index (κ2) is 22.0. The van der Waals surface area contributed by atoms with Gasteiger partial charge in [-0.15, -0.1) is 0 Å². The van der Waals surface area contributed by atoms with Crippen LogP contribution in [0, 0.1) is 0 Å². The van der Waals surface area contributed by atoms with Crippen molar-refractivity contribution in [2.75, 3.05) is 9.80 Å². The molecule has 2 aromatic heterocycles. The molecule has 2 aliphatic heterocycles. The fraction of sp³-hybridized carbons (Fsp3) is 0.348. The molecule has 0 saturated heterocycles. The first-order chi connectivity index (χ1) is 45.2. The fourth-order valence-corrected chi connectivity index (χ4v) is 15.5.